The summed E-state index contributed by atoms with van der Waals surface area (Å²) >= 11 is 6.11. The molecule has 126 valence electrons. The molecule has 0 radical (unpaired) electrons. The molecule has 2 aromatic carbocycles. The van der Waals surface area contributed by atoms with Crippen molar-refractivity contribution in [1.29, 1.82) is 0 Å². The number of benzene rings is 2. The molecule has 0 unspecified atom stereocenters. The van der Waals surface area contributed by atoms with Crippen molar-refractivity contribution in [2.45, 2.75) is 19.8 Å². The summed E-state index contributed by atoms with van der Waals surface area (Å²) in [4.78, 5) is 12.8. The number of rotatable bonds is 4. The van der Waals surface area contributed by atoms with Crippen LogP contribution in [0.25, 0.3) is 11.1 Å². The average Bonchev–Trinajstić information content (AvgIpc) is 2.60. The van der Waals surface area contributed by atoms with Gasteiger partial charge in [0.15, 0.2) is 0 Å². The minimum Gasteiger partial charge on any atom is -0.352 e. The molecule has 1 aliphatic rings. The molecule has 4 heteroatoms. The summed E-state index contributed by atoms with van der Waals surface area (Å²) in [7, 11) is 0. The first-order valence-corrected chi connectivity index (χ1v) is 8.87. The molecular formula is C20H23ClN2O. The Kier molecular flexibility index (Phi) is 5.54. The summed E-state index contributed by atoms with van der Waals surface area (Å²) in [6.07, 6.45) is 2.24. The number of amides is 1. The Labute approximate surface area is 148 Å². The smallest absolute Gasteiger partial charge is 0.251 e. The lowest BCUT2D eigenvalue weighted by atomic mass is 9.96. The molecule has 0 atom stereocenters. The lowest BCUT2D eigenvalue weighted by Crippen LogP contribution is -2.36. The minimum absolute atomic E-state index is 0.00721. The van der Waals surface area contributed by atoms with E-state index in [1.807, 2.05) is 49.4 Å². The lowest BCUT2D eigenvalue weighted by Gasteiger charge is -2.23. The van der Waals surface area contributed by atoms with Crippen molar-refractivity contribution in [3.05, 3.63) is 58.6 Å². The van der Waals surface area contributed by atoms with Gasteiger partial charge in [-0.25, -0.2) is 0 Å². The molecule has 2 N–H and O–H groups in total. The van der Waals surface area contributed by atoms with E-state index in [1.54, 1.807) is 0 Å². The first-order chi connectivity index (χ1) is 11.6. The van der Waals surface area contributed by atoms with Crippen LogP contribution in [0.5, 0.6) is 0 Å². The molecule has 3 nitrogen and oxygen atoms in total. The second kappa shape index (κ2) is 7.82. The predicted octanol–water partition coefficient (Wildman–Crippen LogP) is 4.04. The predicted molar refractivity (Wildman–Crippen MR) is 99.6 cm³/mol. The van der Waals surface area contributed by atoms with Crippen molar-refractivity contribution >= 4 is 17.5 Å². The molecule has 1 amide bonds. The topological polar surface area (TPSA) is 41.1 Å². The van der Waals surface area contributed by atoms with E-state index < -0.39 is 0 Å². The van der Waals surface area contributed by atoms with Gasteiger partial charge in [-0.3, -0.25) is 4.79 Å². The quantitative estimate of drug-likeness (QED) is 0.880. The number of aryl methyl sites for hydroxylation is 1. The molecule has 1 saturated heterocycles. The van der Waals surface area contributed by atoms with Gasteiger partial charge in [0.1, 0.15) is 0 Å². The zero-order valence-electron chi connectivity index (χ0n) is 13.9. The summed E-state index contributed by atoms with van der Waals surface area (Å²) in [5.41, 5.74) is 3.68. The van der Waals surface area contributed by atoms with Crippen LogP contribution in [0.2, 0.25) is 5.02 Å². The van der Waals surface area contributed by atoms with Crippen LogP contribution >= 0.6 is 11.6 Å². The molecule has 1 aliphatic heterocycles. The van der Waals surface area contributed by atoms with Crippen LogP contribution in [-0.4, -0.2) is 25.5 Å². The fourth-order valence-electron chi connectivity index (χ4n) is 3.17. The highest BCUT2D eigenvalue weighted by Crippen LogP contribution is 2.27. The van der Waals surface area contributed by atoms with Crippen LogP contribution in [0.3, 0.4) is 0 Å². The number of halogens is 1. The van der Waals surface area contributed by atoms with Gasteiger partial charge in [-0.15, -0.1) is 0 Å². The van der Waals surface area contributed by atoms with E-state index >= 15 is 0 Å². The van der Waals surface area contributed by atoms with Gasteiger partial charge in [-0.2, -0.15) is 0 Å². The normalized spacial score (nSPS) is 15.2. The van der Waals surface area contributed by atoms with Gasteiger partial charge in [0.05, 0.1) is 0 Å². The Bertz CT molecular complexity index is 723. The van der Waals surface area contributed by atoms with Crippen molar-refractivity contribution in [2.24, 2.45) is 5.92 Å². The van der Waals surface area contributed by atoms with E-state index in [0.29, 0.717) is 16.5 Å². The third kappa shape index (κ3) is 4.16. The number of carbonyl (C=O) groups excluding carboxylic acids is 1. The zero-order valence-corrected chi connectivity index (χ0v) is 14.7. The van der Waals surface area contributed by atoms with Crippen molar-refractivity contribution in [3.63, 3.8) is 0 Å². The van der Waals surface area contributed by atoms with E-state index in [2.05, 4.69) is 10.6 Å². The highest BCUT2D eigenvalue weighted by Gasteiger charge is 2.17. The van der Waals surface area contributed by atoms with Gasteiger partial charge >= 0.3 is 0 Å². The lowest BCUT2D eigenvalue weighted by molar-refractivity contribution is 0.0945. The Morgan fingerprint density at radius 2 is 2.00 bits per heavy atom. The Balaban J connectivity index is 1.80. The van der Waals surface area contributed by atoms with E-state index in [4.69, 9.17) is 11.6 Å². The molecule has 0 aromatic heterocycles. The van der Waals surface area contributed by atoms with Crippen LogP contribution in [0.15, 0.2) is 42.5 Å². The van der Waals surface area contributed by atoms with E-state index in [-0.39, 0.29) is 5.91 Å². The number of nitrogens with one attached hydrogen (secondary N) is 2. The van der Waals surface area contributed by atoms with E-state index in [9.17, 15) is 4.79 Å². The van der Waals surface area contributed by atoms with Gasteiger partial charge in [0, 0.05) is 17.1 Å². The van der Waals surface area contributed by atoms with Gasteiger partial charge in [-0.05, 0) is 68.1 Å². The van der Waals surface area contributed by atoms with Crippen LogP contribution in [0, 0.1) is 12.8 Å². The number of hydrogen-bond donors (Lipinski definition) is 2. The van der Waals surface area contributed by atoms with Gasteiger partial charge in [0.25, 0.3) is 5.91 Å². The summed E-state index contributed by atoms with van der Waals surface area (Å²) in [5, 5.41) is 7.15. The second-order valence-electron chi connectivity index (χ2n) is 6.46. The van der Waals surface area contributed by atoms with Crippen molar-refractivity contribution in [3.8, 4) is 11.1 Å². The maximum absolute atomic E-state index is 12.8. The van der Waals surface area contributed by atoms with Crippen molar-refractivity contribution in [1.82, 2.24) is 10.6 Å². The third-order valence-corrected chi connectivity index (χ3v) is 4.80. The monoisotopic (exact) mass is 342 g/mol. The van der Waals surface area contributed by atoms with Crippen LogP contribution < -0.4 is 10.6 Å². The van der Waals surface area contributed by atoms with Crippen LogP contribution in [-0.2, 0) is 0 Å². The Morgan fingerprint density at radius 3 is 2.75 bits per heavy atom. The fourth-order valence-corrected chi connectivity index (χ4v) is 3.36. The summed E-state index contributed by atoms with van der Waals surface area (Å²) in [6.45, 7) is 4.83. The SMILES string of the molecule is Cc1ccc(-c2cccc(Cl)c2)c(C(=O)NCC2CCNCC2)c1. The number of piperidine rings is 1. The molecule has 0 bridgehead atoms. The Morgan fingerprint density at radius 1 is 1.21 bits per heavy atom. The van der Waals surface area contributed by atoms with Crippen molar-refractivity contribution in [2.75, 3.05) is 19.6 Å². The average molecular weight is 343 g/mol. The molecule has 1 heterocycles. The fraction of sp³-hybridized carbons (Fsp3) is 0.350. The molecule has 24 heavy (non-hydrogen) atoms. The molecule has 0 aliphatic carbocycles. The maximum Gasteiger partial charge on any atom is 0.251 e. The highest BCUT2D eigenvalue weighted by atomic mass is 35.5. The van der Waals surface area contributed by atoms with Gasteiger partial charge in [0.2, 0.25) is 0 Å². The molecule has 0 saturated carbocycles. The number of hydrogen-bond acceptors (Lipinski definition) is 2. The first kappa shape index (κ1) is 17.0. The minimum atomic E-state index is -0.00721. The summed E-state index contributed by atoms with van der Waals surface area (Å²) < 4.78 is 0. The van der Waals surface area contributed by atoms with Crippen molar-refractivity contribution < 1.29 is 4.79 Å². The van der Waals surface area contributed by atoms with E-state index in [0.717, 1.165) is 49.2 Å². The molecule has 2 aromatic rings. The Hall–Kier alpha value is -1.84. The van der Waals surface area contributed by atoms with Crippen LogP contribution in [0.1, 0.15) is 28.8 Å². The molecule has 1 fully saturated rings. The zero-order chi connectivity index (χ0) is 16.9. The van der Waals surface area contributed by atoms with Gasteiger partial charge in [-0.1, -0.05) is 41.4 Å². The second-order valence-corrected chi connectivity index (χ2v) is 6.90. The molecule has 3 rings (SSSR count). The molecule has 0 spiro atoms. The summed E-state index contributed by atoms with van der Waals surface area (Å²) in [5.74, 6) is 0.557. The first-order valence-electron chi connectivity index (χ1n) is 8.49. The maximum atomic E-state index is 12.8. The molecular weight excluding hydrogens is 320 g/mol. The largest absolute Gasteiger partial charge is 0.352 e. The highest BCUT2D eigenvalue weighted by molar-refractivity contribution is 6.30. The van der Waals surface area contributed by atoms with Crippen LogP contribution in [0.4, 0.5) is 0 Å². The third-order valence-electron chi connectivity index (χ3n) is 4.57. The number of carbonyl (C=O) groups is 1. The van der Waals surface area contributed by atoms with Gasteiger partial charge < -0.3 is 10.6 Å². The van der Waals surface area contributed by atoms with E-state index in [1.165, 1.54) is 0 Å². The summed E-state index contributed by atoms with van der Waals surface area (Å²) in [6, 6.07) is 13.6. The standard InChI is InChI=1S/C20H23ClN2O/c1-14-5-6-18(16-3-2-4-17(21)12-16)19(11-14)20(24)23-13-15-7-9-22-10-8-15/h2-6,11-12,15,22H,7-10,13H2,1H3,(H,23,24).